The van der Waals surface area contributed by atoms with Crippen molar-refractivity contribution in [2.75, 3.05) is 25.2 Å². The number of carbonyl (C=O) groups excluding carboxylic acids is 3. The standard InChI is InChI=1S/C19H34N4O6S/c1-11(2)9-14(17(26)21-13(19(28)29)6-8-30-3)22-18(27)15(10-24)23-16(25)12-5-4-7-20-12/h11-15,20,24H,4-10H2,1-3H3,(H,21,26)(H,22,27)(H,23,25)(H,28,29). The van der Waals surface area contributed by atoms with E-state index >= 15 is 0 Å². The summed E-state index contributed by atoms with van der Waals surface area (Å²) in [4.78, 5) is 48.9. The first-order chi connectivity index (χ1) is 14.2. The van der Waals surface area contributed by atoms with Crippen molar-refractivity contribution in [1.82, 2.24) is 21.3 Å². The number of thioether (sulfide) groups is 1. The SMILES string of the molecule is CSCCC(NC(=O)C(CC(C)C)NC(=O)C(CO)NC(=O)C1CCCN1)C(=O)O. The summed E-state index contributed by atoms with van der Waals surface area (Å²) in [7, 11) is 0. The van der Waals surface area contributed by atoms with E-state index in [1.807, 2.05) is 20.1 Å². The van der Waals surface area contributed by atoms with E-state index in [1.165, 1.54) is 11.8 Å². The Morgan fingerprint density at radius 3 is 2.20 bits per heavy atom. The number of hydrogen-bond donors (Lipinski definition) is 6. The van der Waals surface area contributed by atoms with Gasteiger partial charge in [-0.3, -0.25) is 14.4 Å². The minimum absolute atomic E-state index is 0.0420. The molecule has 4 unspecified atom stereocenters. The average molecular weight is 447 g/mol. The topological polar surface area (TPSA) is 157 Å². The van der Waals surface area contributed by atoms with Crippen LogP contribution in [0.5, 0.6) is 0 Å². The lowest BCUT2D eigenvalue weighted by molar-refractivity contribution is -0.142. The highest BCUT2D eigenvalue weighted by Crippen LogP contribution is 2.08. The van der Waals surface area contributed by atoms with Crippen LogP contribution in [-0.2, 0) is 19.2 Å². The van der Waals surface area contributed by atoms with Crippen LogP contribution in [0.1, 0.15) is 39.5 Å². The highest BCUT2D eigenvalue weighted by molar-refractivity contribution is 7.98. The van der Waals surface area contributed by atoms with Crippen LogP contribution in [0, 0.1) is 5.92 Å². The molecule has 10 nitrogen and oxygen atoms in total. The zero-order valence-corrected chi connectivity index (χ0v) is 18.6. The number of aliphatic hydroxyl groups is 1. The molecule has 0 aromatic carbocycles. The molecule has 1 aliphatic heterocycles. The molecule has 0 radical (unpaired) electrons. The number of amides is 3. The highest BCUT2D eigenvalue weighted by atomic mass is 32.2. The lowest BCUT2D eigenvalue weighted by Gasteiger charge is -2.25. The van der Waals surface area contributed by atoms with Gasteiger partial charge in [0.1, 0.15) is 18.1 Å². The minimum atomic E-state index is -1.20. The van der Waals surface area contributed by atoms with Gasteiger partial charge in [-0.15, -0.1) is 0 Å². The lowest BCUT2D eigenvalue weighted by Crippen LogP contribution is -2.58. The van der Waals surface area contributed by atoms with Crippen LogP contribution in [0.3, 0.4) is 0 Å². The molecule has 0 aromatic rings. The molecule has 0 saturated carbocycles. The molecule has 1 saturated heterocycles. The van der Waals surface area contributed by atoms with Crippen molar-refractivity contribution >= 4 is 35.5 Å². The molecule has 3 amide bonds. The molecule has 172 valence electrons. The van der Waals surface area contributed by atoms with Crippen LogP contribution >= 0.6 is 11.8 Å². The second kappa shape index (κ2) is 13.5. The quantitative estimate of drug-likeness (QED) is 0.212. The highest BCUT2D eigenvalue weighted by Gasteiger charge is 2.31. The second-order valence-corrected chi connectivity index (χ2v) is 8.75. The van der Waals surface area contributed by atoms with Gasteiger partial charge in [0.2, 0.25) is 17.7 Å². The molecule has 11 heteroatoms. The maximum absolute atomic E-state index is 12.7. The smallest absolute Gasteiger partial charge is 0.326 e. The molecule has 1 heterocycles. The van der Waals surface area contributed by atoms with Crippen molar-refractivity contribution in [2.45, 2.75) is 63.7 Å². The van der Waals surface area contributed by atoms with Crippen molar-refractivity contribution < 1.29 is 29.4 Å². The zero-order chi connectivity index (χ0) is 22.7. The van der Waals surface area contributed by atoms with Crippen LogP contribution in [0.15, 0.2) is 0 Å². The number of carboxylic acid groups (broad SMARTS) is 1. The number of nitrogens with one attached hydrogen (secondary N) is 4. The molecule has 6 N–H and O–H groups in total. The van der Waals surface area contributed by atoms with Crippen LogP contribution in [0.4, 0.5) is 0 Å². The molecule has 0 aromatic heterocycles. The van der Waals surface area contributed by atoms with Gasteiger partial charge in [0.25, 0.3) is 0 Å². The summed E-state index contributed by atoms with van der Waals surface area (Å²) in [5.41, 5.74) is 0. The molecule has 4 atom stereocenters. The summed E-state index contributed by atoms with van der Waals surface area (Å²) in [6.07, 6.45) is 3.88. The van der Waals surface area contributed by atoms with E-state index in [1.54, 1.807) is 0 Å². The fourth-order valence-electron chi connectivity index (χ4n) is 3.12. The summed E-state index contributed by atoms with van der Waals surface area (Å²) in [5, 5.41) is 29.4. The van der Waals surface area contributed by atoms with Crippen molar-refractivity contribution in [3.63, 3.8) is 0 Å². The first kappa shape index (κ1) is 26.2. The molecular weight excluding hydrogens is 412 g/mol. The maximum Gasteiger partial charge on any atom is 0.326 e. The molecule has 0 spiro atoms. The van der Waals surface area contributed by atoms with Gasteiger partial charge in [-0.2, -0.15) is 11.8 Å². The van der Waals surface area contributed by atoms with Gasteiger partial charge in [-0.05, 0) is 50.2 Å². The van der Waals surface area contributed by atoms with Crippen LogP contribution in [0.25, 0.3) is 0 Å². The Bertz CT molecular complexity index is 598. The van der Waals surface area contributed by atoms with Crippen molar-refractivity contribution in [2.24, 2.45) is 5.92 Å². The zero-order valence-electron chi connectivity index (χ0n) is 17.8. The monoisotopic (exact) mass is 446 g/mol. The first-order valence-electron chi connectivity index (χ1n) is 10.2. The van der Waals surface area contributed by atoms with Crippen molar-refractivity contribution in [3.05, 3.63) is 0 Å². The Hall–Kier alpha value is -1.85. The van der Waals surface area contributed by atoms with Gasteiger partial charge in [-0.25, -0.2) is 4.79 Å². The van der Waals surface area contributed by atoms with Gasteiger partial charge in [0.05, 0.1) is 12.6 Å². The Morgan fingerprint density at radius 2 is 1.70 bits per heavy atom. The molecule has 1 fully saturated rings. The number of carboxylic acids is 1. The van der Waals surface area contributed by atoms with E-state index in [-0.39, 0.29) is 24.7 Å². The van der Waals surface area contributed by atoms with Gasteiger partial charge < -0.3 is 31.5 Å². The Morgan fingerprint density at radius 1 is 1.07 bits per heavy atom. The summed E-state index contributed by atoms with van der Waals surface area (Å²) in [6.45, 7) is 3.83. The van der Waals surface area contributed by atoms with Crippen molar-refractivity contribution in [3.8, 4) is 0 Å². The van der Waals surface area contributed by atoms with E-state index in [2.05, 4.69) is 21.3 Å². The Labute approximate surface area is 181 Å². The van der Waals surface area contributed by atoms with E-state index in [0.717, 1.165) is 6.42 Å². The van der Waals surface area contributed by atoms with Crippen LogP contribution in [-0.4, -0.2) is 83.2 Å². The molecule has 30 heavy (non-hydrogen) atoms. The van der Waals surface area contributed by atoms with E-state index in [0.29, 0.717) is 18.7 Å². The lowest BCUT2D eigenvalue weighted by atomic mass is 10.0. The third kappa shape index (κ3) is 8.88. The summed E-state index contributed by atoms with van der Waals surface area (Å²) in [5.74, 6) is -2.22. The average Bonchev–Trinajstić information content (AvgIpc) is 3.22. The van der Waals surface area contributed by atoms with Crippen LogP contribution in [0.2, 0.25) is 0 Å². The number of hydrogen-bond acceptors (Lipinski definition) is 7. The van der Waals surface area contributed by atoms with Gasteiger partial charge in [0.15, 0.2) is 0 Å². The third-order valence-electron chi connectivity index (χ3n) is 4.76. The number of rotatable bonds is 13. The second-order valence-electron chi connectivity index (χ2n) is 7.76. The normalized spacial score (nSPS) is 19.0. The number of carbonyl (C=O) groups is 4. The fourth-order valence-corrected chi connectivity index (χ4v) is 3.59. The number of aliphatic carboxylic acids is 1. The van der Waals surface area contributed by atoms with Crippen LogP contribution < -0.4 is 21.3 Å². The molecular formula is C19H34N4O6S. The third-order valence-corrected chi connectivity index (χ3v) is 5.40. The molecule has 1 aliphatic rings. The minimum Gasteiger partial charge on any atom is -0.480 e. The molecule has 1 rings (SSSR count). The van der Waals surface area contributed by atoms with E-state index in [9.17, 15) is 29.4 Å². The van der Waals surface area contributed by atoms with E-state index in [4.69, 9.17) is 0 Å². The first-order valence-corrected chi connectivity index (χ1v) is 11.6. The molecule has 0 bridgehead atoms. The Balaban J connectivity index is 2.77. The largest absolute Gasteiger partial charge is 0.480 e. The van der Waals surface area contributed by atoms with Gasteiger partial charge in [-0.1, -0.05) is 13.8 Å². The fraction of sp³-hybridized carbons (Fsp3) is 0.789. The van der Waals surface area contributed by atoms with Gasteiger partial charge in [0, 0.05) is 0 Å². The number of aliphatic hydroxyl groups excluding tert-OH is 1. The Kier molecular flexibility index (Phi) is 11.7. The maximum atomic E-state index is 12.7. The van der Waals surface area contributed by atoms with Crippen molar-refractivity contribution in [1.29, 1.82) is 0 Å². The summed E-state index contributed by atoms with van der Waals surface area (Å²) >= 11 is 1.47. The van der Waals surface area contributed by atoms with E-state index < -0.39 is 48.6 Å². The molecule has 0 aliphatic carbocycles. The van der Waals surface area contributed by atoms with Gasteiger partial charge >= 0.3 is 5.97 Å². The summed E-state index contributed by atoms with van der Waals surface area (Å²) in [6, 6.07) is -3.65. The predicted molar refractivity (Wildman–Crippen MR) is 114 cm³/mol. The predicted octanol–water partition coefficient (Wildman–Crippen LogP) is -0.931. The summed E-state index contributed by atoms with van der Waals surface area (Å²) < 4.78 is 0.